The minimum absolute atomic E-state index is 0.0652. The fourth-order valence-electron chi connectivity index (χ4n) is 2.61. The van der Waals surface area contributed by atoms with E-state index in [1.165, 1.54) is 19.2 Å². The summed E-state index contributed by atoms with van der Waals surface area (Å²) in [6, 6.07) is 6.12. The lowest BCUT2D eigenvalue weighted by atomic mass is 9.87. The van der Waals surface area contributed by atoms with Gasteiger partial charge in [0, 0.05) is 12.0 Å². The molecule has 0 heterocycles. The maximum absolute atomic E-state index is 12.9. The van der Waals surface area contributed by atoms with Crippen LogP contribution in [0.2, 0.25) is 0 Å². The molecule has 1 fully saturated rings. The van der Waals surface area contributed by atoms with Gasteiger partial charge in [-0.3, -0.25) is 4.79 Å². The number of carbonyl (C=O) groups excluding carboxylic acids is 1. The van der Waals surface area contributed by atoms with Crippen LogP contribution in [0, 0.1) is 11.7 Å². The molecule has 0 saturated heterocycles. The minimum atomic E-state index is -0.282. The molecule has 1 aromatic carbocycles. The molecule has 0 radical (unpaired) electrons. The van der Waals surface area contributed by atoms with E-state index in [0.717, 1.165) is 18.4 Å². The van der Waals surface area contributed by atoms with Crippen molar-refractivity contribution >= 4 is 5.97 Å². The quantitative estimate of drug-likeness (QED) is 0.798. The molecule has 1 aliphatic rings. The minimum Gasteiger partial charge on any atom is -0.469 e. The first-order valence-electron chi connectivity index (χ1n) is 5.72. The first-order chi connectivity index (χ1) is 8.13. The van der Waals surface area contributed by atoms with E-state index in [1.54, 1.807) is 12.1 Å². The molecule has 3 atom stereocenters. The zero-order valence-corrected chi connectivity index (χ0v) is 9.73. The Morgan fingerprint density at radius 3 is 2.59 bits per heavy atom. The molecule has 0 aliphatic heterocycles. The van der Waals surface area contributed by atoms with Crippen molar-refractivity contribution in [2.75, 3.05) is 7.11 Å². The highest BCUT2D eigenvalue weighted by molar-refractivity contribution is 5.74. The van der Waals surface area contributed by atoms with Crippen molar-refractivity contribution in [3.8, 4) is 0 Å². The molecule has 1 saturated carbocycles. The Balaban J connectivity index is 2.27. The summed E-state index contributed by atoms with van der Waals surface area (Å²) in [7, 11) is 1.38. The predicted molar refractivity (Wildman–Crippen MR) is 61.9 cm³/mol. The highest BCUT2D eigenvalue weighted by Gasteiger charge is 2.39. The van der Waals surface area contributed by atoms with Gasteiger partial charge in [-0.15, -0.1) is 0 Å². The van der Waals surface area contributed by atoms with Crippen LogP contribution in [0.5, 0.6) is 0 Å². The summed E-state index contributed by atoms with van der Waals surface area (Å²) in [4.78, 5) is 11.7. The summed E-state index contributed by atoms with van der Waals surface area (Å²) in [5.74, 6) is -0.786. The Kier molecular flexibility index (Phi) is 3.43. The monoisotopic (exact) mass is 237 g/mol. The van der Waals surface area contributed by atoms with Gasteiger partial charge >= 0.3 is 5.97 Å². The first kappa shape index (κ1) is 12.0. The normalized spacial score (nSPS) is 28.1. The van der Waals surface area contributed by atoms with Gasteiger partial charge in [0.15, 0.2) is 0 Å². The predicted octanol–water partition coefficient (Wildman–Crippen LogP) is 1.82. The number of carbonyl (C=O) groups is 1. The lowest BCUT2D eigenvalue weighted by Gasteiger charge is -2.21. The summed E-state index contributed by atoms with van der Waals surface area (Å²) < 4.78 is 17.7. The third-order valence-electron chi connectivity index (χ3n) is 3.46. The van der Waals surface area contributed by atoms with Gasteiger partial charge in [0.25, 0.3) is 0 Å². The summed E-state index contributed by atoms with van der Waals surface area (Å²) in [6.07, 6.45) is 1.53. The topological polar surface area (TPSA) is 52.3 Å². The van der Waals surface area contributed by atoms with Gasteiger partial charge in [-0.2, -0.15) is 0 Å². The molecule has 3 unspecified atom stereocenters. The summed E-state index contributed by atoms with van der Waals surface area (Å²) >= 11 is 0. The van der Waals surface area contributed by atoms with Crippen LogP contribution >= 0.6 is 0 Å². The van der Waals surface area contributed by atoms with Crippen LogP contribution < -0.4 is 5.73 Å². The van der Waals surface area contributed by atoms with Gasteiger partial charge < -0.3 is 10.5 Å². The van der Waals surface area contributed by atoms with Crippen LogP contribution in [0.15, 0.2) is 24.3 Å². The summed E-state index contributed by atoms with van der Waals surface area (Å²) in [6.45, 7) is 0. The third-order valence-corrected chi connectivity index (χ3v) is 3.46. The smallest absolute Gasteiger partial charge is 0.309 e. The Hall–Kier alpha value is -1.42. The molecular weight excluding hydrogens is 221 g/mol. The Labute approximate surface area is 99.8 Å². The molecule has 2 N–H and O–H groups in total. The molecule has 2 rings (SSSR count). The maximum Gasteiger partial charge on any atom is 0.309 e. The molecule has 0 amide bonds. The number of esters is 1. The number of benzene rings is 1. The molecule has 1 aromatic rings. The molecule has 0 spiro atoms. The van der Waals surface area contributed by atoms with E-state index in [-0.39, 0.29) is 29.7 Å². The highest BCUT2D eigenvalue weighted by atomic mass is 19.1. The largest absolute Gasteiger partial charge is 0.469 e. The van der Waals surface area contributed by atoms with Crippen molar-refractivity contribution in [1.82, 2.24) is 0 Å². The summed E-state index contributed by atoms with van der Waals surface area (Å²) in [5, 5.41) is 0. The zero-order chi connectivity index (χ0) is 12.4. The SMILES string of the molecule is COC(=O)C1CCC(N)C1c1ccc(F)cc1. The lowest BCUT2D eigenvalue weighted by molar-refractivity contribution is -0.145. The van der Waals surface area contributed by atoms with Crippen LogP contribution in [-0.4, -0.2) is 19.1 Å². The first-order valence-corrected chi connectivity index (χ1v) is 5.72. The second-order valence-electron chi connectivity index (χ2n) is 4.45. The number of hydrogen-bond donors (Lipinski definition) is 1. The molecule has 0 aromatic heterocycles. The van der Waals surface area contributed by atoms with Gasteiger partial charge in [0.05, 0.1) is 13.0 Å². The Morgan fingerprint density at radius 2 is 2.00 bits per heavy atom. The van der Waals surface area contributed by atoms with Crippen molar-refractivity contribution < 1.29 is 13.9 Å². The van der Waals surface area contributed by atoms with Gasteiger partial charge in [-0.25, -0.2) is 4.39 Å². The molecular formula is C13H16FNO2. The van der Waals surface area contributed by atoms with Gasteiger partial charge in [-0.1, -0.05) is 12.1 Å². The molecule has 4 heteroatoms. The van der Waals surface area contributed by atoms with Crippen LogP contribution in [-0.2, 0) is 9.53 Å². The molecule has 1 aliphatic carbocycles. The molecule has 17 heavy (non-hydrogen) atoms. The fraction of sp³-hybridized carbons (Fsp3) is 0.462. The van der Waals surface area contributed by atoms with E-state index in [1.807, 2.05) is 0 Å². The number of halogens is 1. The van der Waals surface area contributed by atoms with E-state index in [2.05, 4.69) is 0 Å². The van der Waals surface area contributed by atoms with E-state index < -0.39 is 0 Å². The van der Waals surface area contributed by atoms with Crippen molar-refractivity contribution in [2.45, 2.75) is 24.8 Å². The highest BCUT2D eigenvalue weighted by Crippen LogP contribution is 2.39. The third kappa shape index (κ3) is 2.31. The zero-order valence-electron chi connectivity index (χ0n) is 9.73. The molecule has 92 valence electrons. The number of rotatable bonds is 2. The van der Waals surface area contributed by atoms with Crippen LogP contribution in [0.25, 0.3) is 0 Å². The van der Waals surface area contributed by atoms with Crippen LogP contribution in [0.3, 0.4) is 0 Å². The van der Waals surface area contributed by atoms with Crippen molar-refractivity contribution in [2.24, 2.45) is 11.7 Å². The van der Waals surface area contributed by atoms with E-state index in [4.69, 9.17) is 10.5 Å². The molecule has 3 nitrogen and oxygen atoms in total. The summed E-state index contributed by atoms with van der Waals surface area (Å²) in [5.41, 5.74) is 6.94. The number of ether oxygens (including phenoxy) is 1. The average Bonchev–Trinajstić information content (AvgIpc) is 2.71. The van der Waals surface area contributed by atoms with Gasteiger partial charge in [0.2, 0.25) is 0 Å². The second kappa shape index (κ2) is 4.84. The second-order valence-corrected chi connectivity index (χ2v) is 4.45. The van der Waals surface area contributed by atoms with Crippen molar-refractivity contribution in [1.29, 1.82) is 0 Å². The van der Waals surface area contributed by atoms with Crippen LogP contribution in [0.4, 0.5) is 4.39 Å². The van der Waals surface area contributed by atoms with Gasteiger partial charge in [0.1, 0.15) is 5.82 Å². The average molecular weight is 237 g/mol. The maximum atomic E-state index is 12.9. The van der Waals surface area contributed by atoms with Gasteiger partial charge in [-0.05, 0) is 30.5 Å². The van der Waals surface area contributed by atoms with E-state index in [9.17, 15) is 9.18 Å². The number of nitrogens with two attached hydrogens (primary N) is 1. The van der Waals surface area contributed by atoms with Crippen molar-refractivity contribution in [3.63, 3.8) is 0 Å². The number of hydrogen-bond acceptors (Lipinski definition) is 3. The molecule has 0 bridgehead atoms. The van der Waals surface area contributed by atoms with Crippen molar-refractivity contribution in [3.05, 3.63) is 35.6 Å². The standard InChI is InChI=1S/C13H16FNO2/c1-17-13(16)10-6-7-11(15)12(10)8-2-4-9(14)5-3-8/h2-5,10-12H,6-7,15H2,1H3. The van der Waals surface area contributed by atoms with E-state index >= 15 is 0 Å². The van der Waals surface area contributed by atoms with Crippen LogP contribution in [0.1, 0.15) is 24.3 Å². The Bertz CT molecular complexity index is 404. The van der Waals surface area contributed by atoms with E-state index in [0.29, 0.717) is 0 Å². The lowest BCUT2D eigenvalue weighted by Crippen LogP contribution is -2.29. The Morgan fingerprint density at radius 1 is 1.35 bits per heavy atom. The fourth-order valence-corrected chi connectivity index (χ4v) is 2.61. The number of methoxy groups -OCH3 is 1.